The maximum absolute atomic E-state index is 12.6. The lowest BCUT2D eigenvalue weighted by molar-refractivity contribution is -0.384. The van der Waals surface area contributed by atoms with Crippen molar-refractivity contribution in [2.24, 2.45) is 0 Å². The number of benzene rings is 3. The standard InChI is InChI=1S/C25H22N4O4/c26-17-19-1-3-20(4-2-19)21-5-11-24(12-6-21)33-18-25(30)28-15-13-27(14-16-28)22-7-9-23(10-8-22)29(31)32/h1-12H,13-16,18H2. The van der Waals surface area contributed by atoms with Crippen molar-refractivity contribution in [1.29, 1.82) is 5.26 Å². The van der Waals surface area contributed by atoms with Gasteiger partial charge in [0.15, 0.2) is 6.61 Å². The summed E-state index contributed by atoms with van der Waals surface area (Å²) in [6.45, 7) is 2.41. The van der Waals surface area contributed by atoms with Gasteiger partial charge in [-0.2, -0.15) is 5.26 Å². The smallest absolute Gasteiger partial charge is 0.269 e. The lowest BCUT2D eigenvalue weighted by Crippen LogP contribution is -2.50. The van der Waals surface area contributed by atoms with Gasteiger partial charge in [-0.25, -0.2) is 0 Å². The van der Waals surface area contributed by atoms with E-state index in [1.807, 2.05) is 36.4 Å². The fourth-order valence-corrected chi connectivity index (χ4v) is 3.72. The van der Waals surface area contributed by atoms with Crippen molar-refractivity contribution in [2.75, 3.05) is 37.7 Å². The molecule has 1 aliphatic rings. The molecule has 0 N–H and O–H groups in total. The number of nitrogens with zero attached hydrogens (tertiary/aromatic N) is 4. The summed E-state index contributed by atoms with van der Waals surface area (Å²) in [5.41, 5.74) is 3.59. The molecule has 0 radical (unpaired) electrons. The summed E-state index contributed by atoms with van der Waals surface area (Å²) in [5.74, 6) is 0.541. The van der Waals surface area contributed by atoms with E-state index in [0.717, 1.165) is 16.8 Å². The molecule has 1 fully saturated rings. The highest BCUT2D eigenvalue weighted by molar-refractivity contribution is 5.78. The molecule has 0 unspecified atom stereocenters. The van der Waals surface area contributed by atoms with Crippen molar-refractivity contribution in [3.05, 3.63) is 88.5 Å². The lowest BCUT2D eigenvalue weighted by Gasteiger charge is -2.36. The van der Waals surface area contributed by atoms with Crippen LogP contribution in [0.4, 0.5) is 11.4 Å². The summed E-state index contributed by atoms with van der Waals surface area (Å²) in [7, 11) is 0. The number of hydrogen-bond donors (Lipinski definition) is 0. The van der Waals surface area contributed by atoms with E-state index >= 15 is 0 Å². The van der Waals surface area contributed by atoms with Gasteiger partial charge in [0.05, 0.1) is 16.6 Å². The Morgan fingerprint density at radius 2 is 1.48 bits per heavy atom. The van der Waals surface area contributed by atoms with Gasteiger partial charge in [0, 0.05) is 44.0 Å². The van der Waals surface area contributed by atoms with Crippen LogP contribution >= 0.6 is 0 Å². The molecule has 1 aliphatic heterocycles. The van der Waals surface area contributed by atoms with Gasteiger partial charge in [0.2, 0.25) is 0 Å². The second-order valence-corrected chi connectivity index (χ2v) is 7.64. The third-order valence-electron chi connectivity index (χ3n) is 5.62. The number of rotatable bonds is 6. The summed E-state index contributed by atoms with van der Waals surface area (Å²) in [6.07, 6.45) is 0. The fraction of sp³-hybridized carbons (Fsp3) is 0.200. The van der Waals surface area contributed by atoms with Crippen molar-refractivity contribution in [3.8, 4) is 22.9 Å². The number of carbonyl (C=O) groups excluding carboxylic acids is 1. The van der Waals surface area contributed by atoms with Crippen molar-refractivity contribution < 1.29 is 14.5 Å². The summed E-state index contributed by atoms with van der Waals surface area (Å²) in [5, 5.41) is 19.7. The van der Waals surface area contributed by atoms with Crippen molar-refractivity contribution in [1.82, 2.24) is 4.90 Å². The number of carbonyl (C=O) groups is 1. The van der Waals surface area contributed by atoms with Gasteiger partial charge < -0.3 is 14.5 Å². The van der Waals surface area contributed by atoms with E-state index in [1.54, 1.807) is 29.2 Å². The largest absolute Gasteiger partial charge is 0.484 e. The van der Waals surface area contributed by atoms with Crippen molar-refractivity contribution in [2.45, 2.75) is 0 Å². The summed E-state index contributed by atoms with van der Waals surface area (Å²) in [4.78, 5) is 26.8. The normalized spacial score (nSPS) is 13.3. The zero-order valence-electron chi connectivity index (χ0n) is 17.9. The number of ether oxygens (including phenoxy) is 1. The fourth-order valence-electron chi connectivity index (χ4n) is 3.72. The number of anilines is 1. The first-order chi connectivity index (χ1) is 16.0. The van der Waals surface area contributed by atoms with Crippen molar-refractivity contribution >= 4 is 17.3 Å². The van der Waals surface area contributed by atoms with Crippen LogP contribution in [-0.2, 0) is 4.79 Å². The number of nitro groups is 1. The van der Waals surface area contributed by atoms with Crippen LogP contribution in [0.5, 0.6) is 5.75 Å². The van der Waals surface area contributed by atoms with Crippen LogP contribution in [0, 0.1) is 21.4 Å². The van der Waals surface area contributed by atoms with Crippen LogP contribution in [0.25, 0.3) is 11.1 Å². The van der Waals surface area contributed by atoms with Gasteiger partial charge in [-0.1, -0.05) is 24.3 Å². The molecule has 0 aromatic heterocycles. The third-order valence-corrected chi connectivity index (χ3v) is 5.62. The number of piperazine rings is 1. The van der Waals surface area contributed by atoms with E-state index in [2.05, 4.69) is 11.0 Å². The minimum absolute atomic E-state index is 0.0340. The molecule has 0 atom stereocenters. The van der Waals surface area contributed by atoms with Gasteiger partial charge in [-0.05, 0) is 47.5 Å². The molecule has 4 rings (SSSR count). The third kappa shape index (κ3) is 5.28. The summed E-state index contributed by atoms with van der Waals surface area (Å²) in [6, 6.07) is 23.4. The van der Waals surface area contributed by atoms with Gasteiger partial charge >= 0.3 is 0 Å². The van der Waals surface area contributed by atoms with Gasteiger partial charge in [-0.3, -0.25) is 14.9 Å². The molecule has 0 bridgehead atoms. The van der Waals surface area contributed by atoms with Crippen LogP contribution in [0.1, 0.15) is 5.56 Å². The Bertz CT molecular complexity index is 1160. The predicted octanol–water partition coefficient (Wildman–Crippen LogP) is 3.86. The number of nitriles is 1. The monoisotopic (exact) mass is 442 g/mol. The second-order valence-electron chi connectivity index (χ2n) is 7.64. The number of nitro benzene ring substituents is 1. The highest BCUT2D eigenvalue weighted by Gasteiger charge is 2.22. The maximum atomic E-state index is 12.6. The van der Waals surface area contributed by atoms with E-state index in [0.29, 0.717) is 37.5 Å². The number of non-ortho nitro benzene ring substituents is 1. The Balaban J connectivity index is 1.26. The summed E-state index contributed by atoms with van der Waals surface area (Å²) < 4.78 is 5.68. The topological polar surface area (TPSA) is 99.7 Å². The molecule has 1 saturated heterocycles. The molecule has 1 amide bonds. The molecule has 8 nitrogen and oxygen atoms in total. The van der Waals surface area contributed by atoms with Gasteiger partial charge in [-0.15, -0.1) is 0 Å². The number of amides is 1. The minimum atomic E-state index is -0.416. The Morgan fingerprint density at radius 3 is 2.03 bits per heavy atom. The highest BCUT2D eigenvalue weighted by atomic mass is 16.6. The first-order valence-electron chi connectivity index (χ1n) is 10.5. The zero-order chi connectivity index (χ0) is 23.2. The van der Waals surface area contributed by atoms with E-state index < -0.39 is 4.92 Å². The zero-order valence-corrected chi connectivity index (χ0v) is 17.9. The van der Waals surface area contributed by atoms with Gasteiger partial charge in [0.1, 0.15) is 5.75 Å². The molecular formula is C25H22N4O4. The van der Waals surface area contributed by atoms with Gasteiger partial charge in [0.25, 0.3) is 11.6 Å². The minimum Gasteiger partial charge on any atom is -0.484 e. The molecule has 0 aliphatic carbocycles. The average Bonchev–Trinajstić information content (AvgIpc) is 2.88. The summed E-state index contributed by atoms with van der Waals surface area (Å²) >= 11 is 0. The Labute approximate surface area is 191 Å². The second kappa shape index (κ2) is 9.83. The molecule has 0 saturated carbocycles. The molecule has 0 spiro atoms. The first kappa shape index (κ1) is 21.8. The number of hydrogen-bond acceptors (Lipinski definition) is 6. The van der Waals surface area contributed by atoms with E-state index in [9.17, 15) is 14.9 Å². The Hall–Kier alpha value is -4.38. The van der Waals surface area contributed by atoms with Crippen LogP contribution < -0.4 is 9.64 Å². The van der Waals surface area contributed by atoms with E-state index in [4.69, 9.17) is 10.00 Å². The lowest BCUT2D eigenvalue weighted by atomic mass is 10.0. The Kier molecular flexibility index (Phi) is 6.51. The molecule has 8 heteroatoms. The van der Waals surface area contributed by atoms with E-state index in [1.165, 1.54) is 12.1 Å². The van der Waals surface area contributed by atoms with E-state index in [-0.39, 0.29) is 18.2 Å². The van der Waals surface area contributed by atoms with Crippen LogP contribution in [-0.4, -0.2) is 48.5 Å². The molecular weight excluding hydrogens is 420 g/mol. The SMILES string of the molecule is N#Cc1ccc(-c2ccc(OCC(=O)N3CCN(c4ccc([N+](=O)[O-])cc4)CC3)cc2)cc1. The van der Waals surface area contributed by atoms with Crippen LogP contribution in [0.3, 0.4) is 0 Å². The molecule has 33 heavy (non-hydrogen) atoms. The molecule has 1 heterocycles. The molecule has 3 aromatic rings. The quantitative estimate of drug-likeness (QED) is 0.425. The highest BCUT2D eigenvalue weighted by Crippen LogP contribution is 2.23. The average molecular weight is 442 g/mol. The molecule has 3 aromatic carbocycles. The molecule has 166 valence electrons. The van der Waals surface area contributed by atoms with Crippen LogP contribution in [0.15, 0.2) is 72.8 Å². The van der Waals surface area contributed by atoms with Crippen LogP contribution in [0.2, 0.25) is 0 Å². The Morgan fingerprint density at radius 1 is 0.909 bits per heavy atom. The maximum Gasteiger partial charge on any atom is 0.269 e. The first-order valence-corrected chi connectivity index (χ1v) is 10.5. The predicted molar refractivity (Wildman–Crippen MR) is 124 cm³/mol. The van der Waals surface area contributed by atoms with Crippen molar-refractivity contribution in [3.63, 3.8) is 0 Å².